The van der Waals surface area contributed by atoms with E-state index in [1.807, 2.05) is 25.6 Å². The highest BCUT2D eigenvalue weighted by molar-refractivity contribution is 7.99. The summed E-state index contributed by atoms with van der Waals surface area (Å²) < 4.78 is 11.3. The molecule has 0 radical (unpaired) electrons. The molecule has 0 N–H and O–H groups in total. The van der Waals surface area contributed by atoms with Crippen LogP contribution in [0.3, 0.4) is 0 Å². The van der Waals surface area contributed by atoms with Crippen LogP contribution in [0.25, 0.3) is 0 Å². The van der Waals surface area contributed by atoms with Crippen molar-refractivity contribution < 1.29 is 9.47 Å². The fraction of sp³-hybridized carbons (Fsp3) is 1.00. The molecule has 0 aromatic rings. The summed E-state index contributed by atoms with van der Waals surface area (Å²) in [4.78, 5) is 0. The van der Waals surface area contributed by atoms with Gasteiger partial charge < -0.3 is 9.47 Å². The maximum atomic E-state index is 5.63. The van der Waals surface area contributed by atoms with E-state index in [1.54, 1.807) is 0 Å². The largest absolute Gasteiger partial charge is 0.344 e. The average molecular weight is 160 g/mol. The summed E-state index contributed by atoms with van der Waals surface area (Å²) in [6, 6.07) is 0. The zero-order valence-electron chi connectivity index (χ0n) is 6.29. The zero-order valence-corrected chi connectivity index (χ0v) is 7.11. The van der Waals surface area contributed by atoms with Crippen molar-refractivity contribution in [3.05, 3.63) is 0 Å². The molecule has 2 nitrogen and oxygen atoms in total. The molecule has 2 unspecified atom stereocenters. The molecule has 0 aromatic heterocycles. The Bertz CT molecular complexity index is 133. The molecular formula is C7H12O2S. The summed E-state index contributed by atoms with van der Waals surface area (Å²) in [7, 11) is 0. The first-order valence-corrected chi connectivity index (χ1v) is 4.76. The van der Waals surface area contributed by atoms with Crippen LogP contribution in [-0.2, 0) is 9.47 Å². The predicted molar refractivity (Wildman–Crippen MR) is 41.2 cm³/mol. The number of thioether (sulfide) groups is 1. The fourth-order valence-corrected chi connectivity index (χ4v) is 2.66. The first-order valence-electron chi connectivity index (χ1n) is 3.61. The molecule has 58 valence electrons. The molecule has 2 saturated heterocycles. The summed E-state index contributed by atoms with van der Waals surface area (Å²) in [6.45, 7) is 3.96. The van der Waals surface area contributed by atoms with Crippen LogP contribution in [0, 0.1) is 0 Å². The molecule has 2 fully saturated rings. The van der Waals surface area contributed by atoms with Gasteiger partial charge in [-0.1, -0.05) is 0 Å². The highest BCUT2D eigenvalue weighted by Crippen LogP contribution is 2.36. The maximum absolute atomic E-state index is 5.63. The van der Waals surface area contributed by atoms with E-state index >= 15 is 0 Å². The lowest BCUT2D eigenvalue weighted by Gasteiger charge is -2.17. The summed E-state index contributed by atoms with van der Waals surface area (Å²) in [5.41, 5.74) is 0. The van der Waals surface area contributed by atoms with Crippen LogP contribution >= 0.6 is 11.8 Å². The van der Waals surface area contributed by atoms with Gasteiger partial charge in [0.25, 0.3) is 0 Å². The van der Waals surface area contributed by atoms with Gasteiger partial charge in [-0.3, -0.25) is 0 Å². The summed E-state index contributed by atoms with van der Waals surface area (Å²) >= 11 is 1.92. The third-order valence-corrected chi connectivity index (χ3v) is 2.98. The predicted octanol–water partition coefficient (Wildman–Crippen LogP) is 1.25. The minimum atomic E-state index is -0.323. The highest BCUT2D eigenvalue weighted by atomic mass is 32.2. The standard InChI is InChI=1S/C7H12O2S/c1-7(2)8-5-3-10-4-6(5)9-7/h5-6H,3-4H2,1-2H3. The normalized spacial score (nSPS) is 43.8. The summed E-state index contributed by atoms with van der Waals surface area (Å²) in [5.74, 6) is 1.89. The van der Waals surface area contributed by atoms with Gasteiger partial charge in [0.05, 0.1) is 12.2 Å². The van der Waals surface area contributed by atoms with Gasteiger partial charge in [-0.15, -0.1) is 0 Å². The van der Waals surface area contributed by atoms with Crippen molar-refractivity contribution in [3.8, 4) is 0 Å². The molecule has 2 aliphatic heterocycles. The Kier molecular flexibility index (Phi) is 1.48. The molecule has 2 rings (SSSR count). The molecule has 0 bridgehead atoms. The smallest absolute Gasteiger partial charge is 0.163 e. The number of rotatable bonds is 0. The SMILES string of the molecule is CC1(C)OC2CSCC2O1. The second-order valence-corrected chi connectivity index (χ2v) is 4.32. The first-order chi connectivity index (χ1) is 4.67. The number of ether oxygens (including phenoxy) is 2. The highest BCUT2D eigenvalue weighted by Gasteiger charge is 2.43. The number of hydrogen-bond donors (Lipinski definition) is 0. The third kappa shape index (κ3) is 1.06. The summed E-state index contributed by atoms with van der Waals surface area (Å²) in [5, 5.41) is 0. The zero-order chi connectivity index (χ0) is 7.19. The molecule has 2 aliphatic rings. The quantitative estimate of drug-likeness (QED) is 0.531. The minimum Gasteiger partial charge on any atom is -0.344 e. The van der Waals surface area contributed by atoms with Crippen molar-refractivity contribution in [1.29, 1.82) is 0 Å². The molecule has 3 heteroatoms. The van der Waals surface area contributed by atoms with E-state index < -0.39 is 0 Å². The van der Waals surface area contributed by atoms with Crippen molar-refractivity contribution in [2.75, 3.05) is 11.5 Å². The lowest BCUT2D eigenvalue weighted by Crippen LogP contribution is -2.22. The Morgan fingerprint density at radius 2 is 1.70 bits per heavy atom. The number of fused-ring (bicyclic) bond motifs is 1. The molecule has 0 amide bonds. The van der Waals surface area contributed by atoms with Gasteiger partial charge in [0.2, 0.25) is 0 Å². The van der Waals surface area contributed by atoms with Crippen LogP contribution in [0.15, 0.2) is 0 Å². The first kappa shape index (κ1) is 6.95. The van der Waals surface area contributed by atoms with Gasteiger partial charge in [0.1, 0.15) is 0 Å². The molecule has 0 aromatic carbocycles. The molecule has 0 saturated carbocycles. The molecular weight excluding hydrogens is 148 g/mol. The fourth-order valence-electron chi connectivity index (χ4n) is 1.49. The average Bonchev–Trinajstić information content (AvgIpc) is 2.20. The van der Waals surface area contributed by atoms with Crippen molar-refractivity contribution >= 4 is 11.8 Å². The van der Waals surface area contributed by atoms with Gasteiger partial charge in [-0.25, -0.2) is 0 Å². The van der Waals surface area contributed by atoms with Crippen LogP contribution in [0.2, 0.25) is 0 Å². The van der Waals surface area contributed by atoms with Crippen molar-refractivity contribution in [3.63, 3.8) is 0 Å². The Morgan fingerprint density at radius 1 is 1.20 bits per heavy atom. The van der Waals surface area contributed by atoms with Gasteiger partial charge in [0, 0.05) is 11.5 Å². The van der Waals surface area contributed by atoms with E-state index in [4.69, 9.17) is 9.47 Å². The van der Waals surface area contributed by atoms with Crippen molar-refractivity contribution in [1.82, 2.24) is 0 Å². The van der Waals surface area contributed by atoms with E-state index in [2.05, 4.69) is 0 Å². The maximum Gasteiger partial charge on any atom is 0.163 e. The monoisotopic (exact) mass is 160 g/mol. The van der Waals surface area contributed by atoms with Crippen LogP contribution in [0.4, 0.5) is 0 Å². The third-order valence-electron chi connectivity index (χ3n) is 1.85. The minimum absolute atomic E-state index is 0.323. The second-order valence-electron chi connectivity index (χ2n) is 3.25. The molecule has 0 spiro atoms. The van der Waals surface area contributed by atoms with Gasteiger partial charge in [-0.05, 0) is 13.8 Å². The van der Waals surface area contributed by atoms with E-state index in [1.165, 1.54) is 0 Å². The molecule has 2 atom stereocenters. The lowest BCUT2D eigenvalue weighted by atomic mass is 10.3. The van der Waals surface area contributed by atoms with Crippen LogP contribution in [-0.4, -0.2) is 29.5 Å². The molecule has 0 aliphatic carbocycles. The molecule has 2 heterocycles. The van der Waals surface area contributed by atoms with Crippen LogP contribution < -0.4 is 0 Å². The van der Waals surface area contributed by atoms with Crippen molar-refractivity contribution in [2.24, 2.45) is 0 Å². The van der Waals surface area contributed by atoms with Crippen molar-refractivity contribution in [2.45, 2.75) is 31.8 Å². The lowest BCUT2D eigenvalue weighted by molar-refractivity contribution is -0.143. The van der Waals surface area contributed by atoms with E-state index in [-0.39, 0.29) is 5.79 Å². The van der Waals surface area contributed by atoms with E-state index in [9.17, 15) is 0 Å². The van der Waals surface area contributed by atoms with Crippen LogP contribution in [0.1, 0.15) is 13.8 Å². The van der Waals surface area contributed by atoms with E-state index in [0.717, 1.165) is 11.5 Å². The Morgan fingerprint density at radius 3 is 2.20 bits per heavy atom. The summed E-state index contributed by atoms with van der Waals surface area (Å²) in [6.07, 6.45) is 0.722. The Hall–Kier alpha value is 0.270. The van der Waals surface area contributed by atoms with E-state index in [0.29, 0.717) is 12.2 Å². The Balaban J connectivity index is 2.07. The second kappa shape index (κ2) is 2.13. The van der Waals surface area contributed by atoms with Gasteiger partial charge >= 0.3 is 0 Å². The Labute approximate surface area is 65.3 Å². The van der Waals surface area contributed by atoms with Gasteiger partial charge in [-0.2, -0.15) is 11.8 Å². The topological polar surface area (TPSA) is 18.5 Å². The number of hydrogen-bond acceptors (Lipinski definition) is 3. The van der Waals surface area contributed by atoms with Gasteiger partial charge in [0.15, 0.2) is 5.79 Å². The van der Waals surface area contributed by atoms with Crippen LogP contribution in [0.5, 0.6) is 0 Å². The molecule has 10 heavy (non-hydrogen) atoms.